The molecular formula is C19H23NO3. The summed E-state index contributed by atoms with van der Waals surface area (Å²) in [7, 11) is 3.24. The standard InChI is InChI=1S/C19H23NO3/c1-13-7-5-6-8-15(13)11-19(21)20-14(2)17-12-16(22-3)9-10-18(17)23-4/h5-10,12,14H,11H2,1-4H3,(H,20,21). The fourth-order valence-corrected chi connectivity index (χ4v) is 2.53. The molecule has 0 radical (unpaired) electrons. The minimum Gasteiger partial charge on any atom is -0.497 e. The van der Waals surface area contributed by atoms with Crippen molar-refractivity contribution in [3.8, 4) is 11.5 Å². The number of amides is 1. The van der Waals surface area contributed by atoms with E-state index < -0.39 is 0 Å². The first-order chi connectivity index (χ1) is 11.0. The molecule has 2 aromatic carbocycles. The summed E-state index contributed by atoms with van der Waals surface area (Å²) in [4.78, 5) is 12.3. The van der Waals surface area contributed by atoms with Crippen molar-refractivity contribution >= 4 is 5.91 Å². The van der Waals surface area contributed by atoms with Gasteiger partial charge in [-0.2, -0.15) is 0 Å². The van der Waals surface area contributed by atoms with E-state index in [0.717, 1.165) is 28.2 Å². The van der Waals surface area contributed by atoms with Gasteiger partial charge in [0.1, 0.15) is 11.5 Å². The molecule has 0 saturated heterocycles. The van der Waals surface area contributed by atoms with Crippen LogP contribution in [0.2, 0.25) is 0 Å². The summed E-state index contributed by atoms with van der Waals surface area (Å²) in [6, 6.07) is 13.3. The lowest BCUT2D eigenvalue weighted by Gasteiger charge is -2.18. The highest BCUT2D eigenvalue weighted by Crippen LogP contribution is 2.29. The Morgan fingerprint density at radius 1 is 1.13 bits per heavy atom. The molecule has 2 aromatic rings. The van der Waals surface area contributed by atoms with Gasteiger partial charge in [0.05, 0.1) is 26.7 Å². The highest BCUT2D eigenvalue weighted by molar-refractivity contribution is 5.79. The van der Waals surface area contributed by atoms with Crippen molar-refractivity contribution in [2.75, 3.05) is 14.2 Å². The highest BCUT2D eigenvalue weighted by atomic mass is 16.5. The first-order valence-corrected chi connectivity index (χ1v) is 7.61. The Morgan fingerprint density at radius 2 is 1.87 bits per heavy atom. The molecule has 0 fully saturated rings. The van der Waals surface area contributed by atoms with Crippen LogP contribution in [0, 0.1) is 6.92 Å². The second kappa shape index (κ2) is 7.68. The van der Waals surface area contributed by atoms with E-state index in [2.05, 4.69) is 5.32 Å². The van der Waals surface area contributed by atoms with Crippen molar-refractivity contribution in [3.05, 3.63) is 59.2 Å². The first-order valence-electron chi connectivity index (χ1n) is 7.61. The van der Waals surface area contributed by atoms with Gasteiger partial charge in [0.15, 0.2) is 0 Å². The van der Waals surface area contributed by atoms with Gasteiger partial charge in [-0.1, -0.05) is 24.3 Å². The lowest BCUT2D eigenvalue weighted by atomic mass is 10.0. The quantitative estimate of drug-likeness (QED) is 0.889. The fourth-order valence-electron chi connectivity index (χ4n) is 2.53. The van der Waals surface area contributed by atoms with Crippen LogP contribution >= 0.6 is 0 Å². The highest BCUT2D eigenvalue weighted by Gasteiger charge is 2.15. The van der Waals surface area contributed by atoms with Crippen LogP contribution in [-0.2, 0) is 11.2 Å². The maximum atomic E-state index is 12.3. The Balaban J connectivity index is 2.10. The topological polar surface area (TPSA) is 47.6 Å². The predicted molar refractivity (Wildman–Crippen MR) is 91.0 cm³/mol. The molecule has 122 valence electrons. The van der Waals surface area contributed by atoms with Crippen molar-refractivity contribution in [2.45, 2.75) is 26.3 Å². The Morgan fingerprint density at radius 3 is 2.52 bits per heavy atom. The third kappa shape index (κ3) is 4.25. The summed E-state index contributed by atoms with van der Waals surface area (Å²) in [5.74, 6) is 1.45. The Hall–Kier alpha value is -2.49. The average Bonchev–Trinajstić information content (AvgIpc) is 2.56. The predicted octanol–water partition coefficient (Wildman–Crippen LogP) is 3.43. The summed E-state index contributed by atoms with van der Waals surface area (Å²) in [6.45, 7) is 3.95. The summed E-state index contributed by atoms with van der Waals surface area (Å²) in [5.41, 5.74) is 3.05. The average molecular weight is 313 g/mol. The molecule has 0 heterocycles. The summed E-state index contributed by atoms with van der Waals surface area (Å²) in [5, 5.41) is 3.02. The molecule has 1 amide bonds. The molecule has 4 nitrogen and oxygen atoms in total. The molecule has 23 heavy (non-hydrogen) atoms. The van der Waals surface area contributed by atoms with E-state index in [1.54, 1.807) is 14.2 Å². The number of methoxy groups -OCH3 is 2. The fraction of sp³-hybridized carbons (Fsp3) is 0.316. The molecule has 1 atom stereocenters. The molecule has 2 rings (SSSR count). The Kier molecular flexibility index (Phi) is 5.63. The maximum absolute atomic E-state index is 12.3. The second-order valence-electron chi connectivity index (χ2n) is 5.50. The molecular weight excluding hydrogens is 290 g/mol. The molecule has 0 bridgehead atoms. The van der Waals surface area contributed by atoms with Crippen LogP contribution in [0.4, 0.5) is 0 Å². The van der Waals surface area contributed by atoms with E-state index in [1.807, 2.05) is 56.3 Å². The van der Waals surface area contributed by atoms with Crippen molar-refractivity contribution in [2.24, 2.45) is 0 Å². The van der Waals surface area contributed by atoms with Crippen molar-refractivity contribution in [3.63, 3.8) is 0 Å². The molecule has 0 aliphatic rings. The van der Waals surface area contributed by atoms with Gasteiger partial charge >= 0.3 is 0 Å². The molecule has 0 saturated carbocycles. The van der Waals surface area contributed by atoms with Gasteiger partial charge in [-0.15, -0.1) is 0 Å². The summed E-state index contributed by atoms with van der Waals surface area (Å²) < 4.78 is 10.6. The number of hydrogen-bond acceptors (Lipinski definition) is 3. The molecule has 1 N–H and O–H groups in total. The number of benzene rings is 2. The van der Waals surface area contributed by atoms with E-state index in [0.29, 0.717) is 6.42 Å². The van der Waals surface area contributed by atoms with Crippen molar-refractivity contribution in [1.29, 1.82) is 0 Å². The lowest BCUT2D eigenvalue weighted by Crippen LogP contribution is -2.28. The van der Waals surface area contributed by atoms with Gasteiger partial charge in [0.2, 0.25) is 5.91 Å². The maximum Gasteiger partial charge on any atom is 0.224 e. The van der Waals surface area contributed by atoms with Gasteiger partial charge in [-0.25, -0.2) is 0 Å². The number of carbonyl (C=O) groups is 1. The number of rotatable bonds is 6. The minimum atomic E-state index is -0.170. The van der Waals surface area contributed by atoms with Crippen LogP contribution in [0.15, 0.2) is 42.5 Å². The Bertz CT molecular complexity index is 682. The first kappa shape index (κ1) is 16.9. The van der Waals surface area contributed by atoms with Crippen LogP contribution in [0.25, 0.3) is 0 Å². The third-order valence-electron chi connectivity index (χ3n) is 3.89. The number of nitrogens with one attached hydrogen (secondary N) is 1. The normalized spacial score (nSPS) is 11.7. The zero-order valence-corrected chi connectivity index (χ0v) is 14.1. The van der Waals surface area contributed by atoms with Crippen LogP contribution in [-0.4, -0.2) is 20.1 Å². The molecule has 1 unspecified atom stereocenters. The van der Waals surface area contributed by atoms with Gasteiger partial charge in [0.25, 0.3) is 0 Å². The van der Waals surface area contributed by atoms with Crippen molar-refractivity contribution < 1.29 is 14.3 Å². The molecule has 0 aromatic heterocycles. The second-order valence-corrected chi connectivity index (χ2v) is 5.50. The van der Waals surface area contributed by atoms with Gasteiger partial charge < -0.3 is 14.8 Å². The van der Waals surface area contributed by atoms with Crippen LogP contribution in [0.5, 0.6) is 11.5 Å². The smallest absolute Gasteiger partial charge is 0.224 e. The minimum absolute atomic E-state index is 0.0170. The number of aryl methyl sites for hydroxylation is 1. The Labute approximate surface area is 137 Å². The van der Waals surface area contributed by atoms with Crippen molar-refractivity contribution in [1.82, 2.24) is 5.32 Å². The van der Waals surface area contributed by atoms with Crippen LogP contribution in [0.1, 0.15) is 29.7 Å². The van der Waals surface area contributed by atoms with Gasteiger partial charge in [-0.05, 0) is 43.2 Å². The van der Waals surface area contributed by atoms with E-state index in [9.17, 15) is 4.79 Å². The monoisotopic (exact) mass is 313 g/mol. The molecule has 0 aliphatic heterocycles. The van der Waals surface area contributed by atoms with Crippen LogP contribution < -0.4 is 14.8 Å². The van der Waals surface area contributed by atoms with Gasteiger partial charge in [0, 0.05) is 5.56 Å². The van der Waals surface area contributed by atoms with Crippen LogP contribution in [0.3, 0.4) is 0 Å². The molecule has 4 heteroatoms. The number of carbonyl (C=O) groups excluding carboxylic acids is 1. The lowest BCUT2D eigenvalue weighted by molar-refractivity contribution is -0.121. The summed E-state index contributed by atoms with van der Waals surface area (Å²) in [6.07, 6.45) is 0.364. The zero-order chi connectivity index (χ0) is 16.8. The number of ether oxygens (including phenoxy) is 2. The molecule has 0 aliphatic carbocycles. The third-order valence-corrected chi connectivity index (χ3v) is 3.89. The SMILES string of the molecule is COc1ccc(OC)c(C(C)NC(=O)Cc2ccccc2C)c1. The van der Waals surface area contributed by atoms with Gasteiger partial charge in [-0.3, -0.25) is 4.79 Å². The number of hydrogen-bond donors (Lipinski definition) is 1. The van der Waals surface area contributed by atoms with E-state index >= 15 is 0 Å². The summed E-state index contributed by atoms with van der Waals surface area (Å²) >= 11 is 0. The molecule has 0 spiro atoms. The zero-order valence-electron chi connectivity index (χ0n) is 14.1. The largest absolute Gasteiger partial charge is 0.497 e. The van der Waals surface area contributed by atoms with E-state index in [4.69, 9.17) is 9.47 Å². The van der Waals surface area contributed by atoms with E-state index in [1.165, 1.54) is 0 Å². The van der Waals surface area contributed by atoms with E-state index in [-0.39, 0.29) is 11.9 Å².